The number of amides is 1. The van der Waals surface area contributed by atoms with Gasteiger partial charge in [-0.1, -0.05) is 41.6 Å². The summed E-state index contributed by atoms with van der Waals surface area (Å²) in [7, 11) is 0. The number of carbonyl (C=O) groups is 1. The highest BCUT2D eigenvalue weighted by molar-refractivity contribution is 7.10. The summed E-state index contributed by atoms with van der Waals surface area (Å²) in [6.45, 7) is 0.834. The van der Waals surface area contributed by atoms with Crippen molar-refractivity contribution in [3.63, 3.8) is 0 Å². The number of likely N-dealkylation sites (tertiary alicyclic amines) is 1. The van der Waals surface area contributed by atoms with Crippen molar-refractivity contribution in [3.05, 3.63) is 58.6 Å². The van der Waals surface area contributed by atoms with Crippen LogP contribution >= 0.6 is 11.3 Å². The second-order valence-corrected chi connectivity index (χ2v) is 7.12. The van der Waals surface area contributed by atoms with Gasteiger partial charge in [-0.15, -0.1) is 11.3 Å². The minimum atomic E-state index is 0.162. The topological polar surface area (TPSA) is 59.2 Å². The molecule has 6 heteroatoms. The number of nitrogens with zero attached hydrogens (tertiary/aromatic N) is 3. The van der Waals surface area contributed by atoms with E-state index in [0.717, 1.165) is 24.9 Å². The molecule has 3 aromatic rings. The lowest BCUT2D eigenvalue weighted by Crippen LogP contribution is -2.30. The van der Waals surface area contributed by atoms with Crippen LogP contribution in [0, 0.1) is 0 Å². The first-order valence-corrected chi connectivity index (χ1v) is 9.40. The zero-order valence-electron chi connectivity index (χ0n) is 13.8. The highest BCUT2D eigenvalue weighted by Crippen LogP contribution is 2.34. The van der Waals surface area contributed by atoms with Crippen LogP contribution < -0.4 is 0 Å². The van der Waals surface area contributed by atoms with Crippen LogP contribution in [0.25, 0.3) is 11.4 Å². The molecule has 25 heavy (non-hydrogen) atoms. The van der Waals surface area contributed by atoms with Crippen molar-refractivity contribution in [3.8, 4) is 11.4 Å². The van der Waals surface area contributed by atoms with Gasteiger partial charge in [-0.25, -0.2) is 0 Å². The van der Waals surface area contributed by atoms with Crippen molar-refractivity contribution in [1.82, 2.24) is 15.0 Å². The third-order valence-electron chi connectivity index (χ3n) is 4.50. The molecule has 0 bridgehead atoms. The molecule has 0 saturated carbocycles. The minimum Gasteiger partial charge on any atom is -0.339 e. The van der Waals surface area contributed by atoms with Crippen LogP contribution in [-0.2, 0) is 11.2 Å². The molecule has 1 amide bonds. The Hall–Kier alpha value is -2.47. The van der Waals surface area contributed by atoms with E-state index in [1.54, 1.807) is 11.3 Å². The monoisotopic (exact) mass is 353 g/mol. The SMILES string of the molecule is O=C(CCc1nc(-c2ccccc2)no1)N1CCC[C@@H]1c1cccs1. The Bertz CT molecular complexity index is 829. The van der Waals surface area contributed by atoms with Crippen LogP contribution in [-0.4, -0.2) is 27.5 Å². The molecule has 1 atom stereocenters. The third-order valence-corrected chi connectivity index (χ3v) is 5.47. The zero-order chi connectivity index (χ0) is 17.1. The van der Waals surface area contributed by atoms with Gasteiger partial charge in [0, 0.05) is 29.8 Å². The molecule has 1 aliphatic rings. The van der Waals surface area contributed by atoms with Gasteiger partial charge >= 0.3 is 0 Å². The number of carbonyl (C=O) groups excluding carboxylic acids is 1. The average Bonchev–Trinajstić information content (AvgIpc) is 3.41. The average molecular weight is 353 g/mol. The maximum Gasteiger partial charge on any atom is 0.227 e. The summed E-state index contributed by atoms with van der Waals surface area (Å²) < 4.78 is 5.30. The van der Waals surface area contributed by atoms with Gasteiger partial charge in [0.25, 0.3) is 0 Å². The van der Waals surface area contributed by atoms with E-state index in [9.17, 15) is 4.79 Å². The van der Waals surface area contributed by atoms with E-state index in [1.165, 1.54) is 4.88 Å². The van der Waals surface area contributed by atoms with Gasteiger partial charge in [-0.3, -0.25) is 4.79 Å². The normalized spacial score (nSPS) is 17.1. The Morgan fingerprint density at radius 3 is 2.92 bits per heavy atom. The first-order valence-electron chi connectivity index (χ1n) is 8.52. The second-order valence-electron chi connectivity index (χ2n) is 6.14. The van der Waals surface area contributed by atoms with E-state index in [0.29, 0.717) is 24.6 Å². The van der Waals surface area contributed by atoms with E-state index in [-0.39, 0.29) is 11.9 Å². The van der Waals surface area contributed by atoms with Crippen LogP contribution in [0.3, 0.4) is 0 Å². The van der Waals surface area contributed by atoms with Crippen molar-refractivity contribution in [2.75, 3.05) is 6.54 Å². The lowest BCUT2D eigenvalue weighted by molar-refractivity contribution is -0.132. The van der Waals surface area contributed by atoms with Gasteiger partial charge < -0.3 is 9.42 Å². The Morgan fingerprint density at radius 1 is 1.24 bits per heavy atom. The quantitative estimate of drug-likeness (QED) is 0.693. The molecule has 1 fully saturated rings. The summed E-state index contributed by atoms with van der Waals surface area (Å²) >= 11 is 1.72. The molecular weight excluding hydrogens is 334 g/mol. The van der Waals surface area contributed by atoms with Crippen molar-refractivity contribution < 1.29 is 9.32 Å². The summed E-state index contributed by atoms with van der Waals surface area (Å²) in [5, 5.41) is 6.08. The van der Waals surface area contributed by atoms with Gasteiger partial charge in [0.05, 0.1) is 6.04 Å². The summed E-state index contributed by atoms with van der Waals surface area (Å²) in [4.78, 5) is 20.3. The standard InChI is InChI=1S/C19H19N3O2S/c23-18(22-12-4-8-15(22)16-9-5-13-25-16)11-10-17-20-19(21-24-17)14-6-2-1-3-7-14/h1-3,5-7,9,13,15H,4,8,10-12H2/t15-/m1/s1. The van der Waals surface area contributed by atoms with Gasteiger partial charge in [0.1, 0.15) is 0 Å². The highest BCUT2D eigenvalue weighted by Gasteiger charge is 2.30. The van der Waals surface area contributed by atoms with E-state index in [4.69, 9.17) is 4.52 Å². The van der Waals surface area contributed by atoms with Crippen molar-refractivity contribution in [2.24, 2.45) is 0 Å². The van der Waals surface area contributed by atoms with Gasteiger partial charge in [0.2, 0.25) is 17.6 Å². The molecule has 4 rings (SSSR count). The summed E-state index contributed by atoms with van der Waals surface area (Å²) in [5.41, 5.74) is 0.918. The van der Waals surface area contributed by atoms with Gasteiger partial charge in [-0.2, -0.15) is 4.98 Å². The molecule has 1 saturated heterocycles. The zero-order valence-corrected chi connectivity index (χ0v) is 14.6. The van der Waals surface area contributed by atoms with Gasteiger partial charge in [-0.05, 0) is 24.3 Å². The molecule has 2 aromatic heterocycles. The fourth-order valence-electron chi connectivity index (χ4n) is 3.26. The number of hydrogen-bond donors (Lipinski definition) is 0. The predicted molar refractivity (Wildman–Crippen MR) is 96.1 cm³/mol. The molecule has 5 nitrogen and oxygen atoms in total. The second kappa shape index (κ2) is 7.19. The number of benzene rings is 1. The smallest absolute Gasteiger partial charge is 0.227 e. The Labute approximate surface area is 150 Å². The number of thiophene rings is 1. The number of aromatic nitrogens is 2. The molecule has 1 aromatic carbocycles. The highest BCUT2D eigenvalue weighted by atomic mass is 32.1. The third kappa shape index (κ3) is 3.49. The maximum absolute atomic E-state index is 12.6. The molecule has 0 radical (unpaired) electrons. The van der Waals surface area contributed by atoms with Crippen LogP contribution in [0.4, 0.5) is 0 Å². The van der Waals surface area contributed by atoms with E-state index in [2.05, 4.69) is 21.6 Å². The van der Waals surface area contributed by atoms with E-state index >= 15 is 0 Å². The molecule has 0 N–H and O–H groups in total. The van der Waals surface area contributed by atoms with E-state index < -0.39 is 0 Å². The van der Waals surface area contributed by atoms with Gasteiger partial charge in [0.15, 0.2) is 0 Å². The molecular formula is C19H19N3O2S. The lowest BCUT2D eigenvalue weighted by Gasteiger charge is -2.23. The number of aryl methyl sites for hydroxylation is 1. The largest absolute Gasteiger partial charge is 0.339 e. The van der Waals surface area contributed by atoms with Crippen molar-refractivity contribution in [2.45, 2.75) is 31.7 Å². The van der Waals surface area contributed by atoms with Crippen LogP contribution in [0.15, 0.2) is 52.4 Å². The summed E-state index contributed by atoms with van der Waals surface area (Å²) in [6, 6.07) is 14.1. The Balaban J connectivity index is 1.38. The first kappa shape index (κ1) is 16.0. The first-order chi connectivity index (χ1) is 12.3. The Morgan fingerprint density at radius 2 is 2.12 bits per heavy atom. The molecule has 0 spiro atoms. The van der Waals surface area contributed by atoms with Crippen LogP contribution in [0.5, 0.6) is 0 Å². The fraction of sp³-hybridized carbons (Fsp3) is 0.316. The minimum absolute atomic E-state index is 0.162. The summed E-state index contributed by atoms with van der Waals surface area (Å²) in [5.74, 6) is 1.25. The molecule has 1 aliphatic heterocycles. The molecule has 0 aliphatic carbocycles. The van der Waals surface area contributed by atoms with E-state index in [1.807, 2.05) is 41.3 Å². The fourth-order valence-corrected chi connectivity index (χ4v) is 4.13. The van der Waals surface area contributed by atoms with Crippen molar-refractivity contribution in [1.29, 1.82) is 0 Å². The molecule has 3 heterocycles. The molecule has 0 unspecified atom stereocenters. The summed E-state index contributed by atoms with van der Waals surface area (Å²) in [6.07, 6.45) is 2.99. The lowest BCUT2D eigenvalue weighted by atomic mass is 10.1. The number of rotatable bonds is 5. The Kier molecular flexibility index (Phi) is 4.61. The molecule has 128 valence electrons. The van der Waals surface area contributed by atoms with Crippen LogP contribution in [0.1, 0.15) is 36.1 Å². The van der Waals surface area contributed by atoms with Crippen molar-refractivity contribution >= 4 is 17.2 Å². The number of hydrogen-bond acceptors (Lipinski definition) is 5. The van der Waals surface area contributed by atoms with Crippen LogP contribution in [0.2, 0.25) is 0 Å². The predicted octanol–water partition coefficient (Wildman–Crippen LogP) is 4.09. The maximum atomic E-state index is 12.6.